The second-order valence-electron chi connectivity index (χ2n) is 3.13. The average molecular weight is 217 g/mol. The van der Waals surface area contributed by atoms with Gasteiger partial charge in [0.05, 0.1) is 12.6 Å². The molecule has 6 heteroatoms. The first-order chi connectivity index (χ1) is 7.11. The number of likely N-dealkylation sites (N-methyl/N-ethyl adjacent to an activating group) is 1. The summed E-state index contributed by atoms with van der Waals surface area (Å²) in [6.45, 7) is 0.933. The van der Waals surface area contributed by atoms with Gasteiger partial charge in [0.2, 0.25) is 11.8 Å². The Morgan fingerprint density at radius 2 is 2.13 bits per heavy atom. The predicted octanol–water partition coefficient (Wildman–Crippen LogP) is -1.40. The van der Waals surface area contributed by atoms with E-state index in [4.69, 9.17) is 10.5 Å². The lowest BCUT2D eigenvalue weighted by molar-refractivity contribution is -0.123. The molecular weight excluding hydrogens is 198 g/mol. The van der Waals surface area contributed by atoms with Crippen molar-refractivity contribution in [1.82, 2.24) is 10.6 Å². The van der Waals surface area contributed by atoms with Gasteiger partial charge < -0.3 is 21.1 Å². The topological polar surface area (TPSA) is 93.5 Å². The molecule has 0 aliphatic carbocycles. The second kappa shape index (κ2) is 8.19. The lowest BCUT2D eigenvalue weighted by atomic mass is 10.1. The van der Waals surface area contributed by atoms with Crippen molar-refractivity contribution in [2.24, 2.45) is 5.73 Å². The number of ether oxygens (including phenoxy) is 1. The van der Waals surface area contributed by atoms with Gasteiger partial charge in [-0.3, -0.25) is 9.59 Å². The van der Waals surface area contributed by atoms with Crippen molar-refractivity contribution in [2.45, 2.75) is 18.9 Å². The quantitative estimate of drug-likeness (QED) is 0.436. The number of rotatable bonds is 8. The first-order valence-electron chi connectivity index (χ1n) is 4.84. The van der Waals surface area contributed by atoms with Crippen LogP contribution in [0.15, 0.2) is 0 Å². The van der Waals surface area contributed by atoms with E-state index < -0.39 is 5.91 Å². The van der Waals surface area contributed by atoms with Gasteiger partial charge >= 0.3 is 0 Å². The predicted molar refractivity (Wildman–Crippen MR) is 56.2 cm³/mol. The van der Waals surface area contributed by atoms with E-state index in [2.05, 4.69) is 10.6 Å². The number of primary amides is 1. The Hall–Kier alpha value is -1.14. The van der Waals surface area contributed by atoms with Gasteiger partial charge in [0.15, 0.2) is 0 Å². The lowest BCUT2D eigenvalue weighted by Crippen LogP contribution is -2.44. The van der Waals surface area contributed by atoms with Crippen LogP contribution in [-0.4, -0.2) is 45.2 Å². The number of carbonyl (C=O) groups is 2. The van der Waals surface area contributed by atoms with Crippen LogP contribution in [0.2, 0.25) is 0 Å². The van der Waals surface area contributed by atoms with Crippen molar-refractivity contribution in [1.29, 1.82) is 0 Å². The Bertz CT molecular complexity index is 209. The fraction of sp³-hybridized carbons (Fsp3) is 0.778. The minimum atomic E-state index is -0.403. The normalized spacial score (nSPS) is 12.1. The minimum Gasteiger partial charge on any atom is -0.383 e. The number of amides is 2. The van der Waals surface area contributed by atoms with E-state index in [-0.39, 0.29) is 18.4 Å². The molecule has 0 bridgehead atoms. The van der Waals surface area contributed by atoms with Crippen LogP contribution >= 0.6 is 0 Å². The highest BCUT2D eigenvalue weighted by atomic mass is 16.5. The van der Waals surface area contributed by atoms with Gasteiger partial charge in [-0.1, -0.05) is 0 Å². The van der Waals surface area contributed by atoms with Gasteiger partial charge in [-0.15, -0.1) is 0 Å². The molecule has 0 radical (unpaired) electrons. The van der Waals surface area contributed by atoms with E-state index in [0.29, 0.717) is 19.6 Å². The third-order valence-electron chi connectivity index (χ3n) is 1.95. The molecule has 0 saturated heterocycles. The Morgan fingerprint density at radius 3 is 2.60 bits per heavy atom. The van der Waals surface area contributed by atoms with Crippen LogP contribution in [0.25, 0.3) is 0 Å². The maximum Gasteiger partial charge on any atom is 0.237 e. The highest BCUT2D eigenvalue weighted by molar-refractivity contribution is 5.82. The Balaban J connectivity index is 3.82. The van der Waals surface area contributed by atoms with Crippen molar-refractivity contribution < 1.29 is 14.3 Å². The third-order valence-corrected chi connectivity index (χ3v) is 1.95. The van der Waals surface area contributed by atoms with Gasteiger partial charge in [0.25, 0.3) is 0 Å². The molecule has 0 aromatic rings. The SMILES string of the molecule is CNC(CCC(N)=O)C(=O)NCCOC. The molecule has 1 atom stereocenters. The Labute approximate surface area is 89.5 Å². The fourth-order valence-electron chi connectivity index (χ4n) is 1.09. The van der Waals surface area contributed by atoms with Crippen LogP contribution in [0.4, 0.5) is 0 Å². The van der Waals surface area contributed by atoms with Gasteiger partial charge in [-0.2, -0.15) is 0 Å². The first kappa shape index (κ1) is 13.9. The monoisotopic (exact) mass is 217 g/mol. The molecule has 0 rings (SSSR count). The second-order valence-corrected chi connectivity index (χ2v) is 3.13. The van der Waals surface area contributed by atoms with Crippen molar-refractivity contribution in [3.63, 3.8) is 0 Å². The number of nitrogens with two attached hydrogens (primary N) is 1. The molecule has 15 heavy (non-hydrogen) atoms. The number of methoxy groups -OCH3 is 1. The maximum atomic E-state index is 11.5. The zero-order valence-electron chi connectivity index (χ0n) is 9.21. The summed E-state index contributed by atoms with van der Waals surface area (Å²) in [5, 5.41) is 5.50. The first-order valence-corrected chi connectivity index (χ1v) is 4.84. The summed E-state index contributed by atoms with van der Waals surface area (Å²) in [4.78, 5) is 22.0. The van der Waals surface area contributed by atoms with E-state index in [1.807, 2.05) is 0 Å². The maximum absolute atomic E-state index is 11.5. The number of hydrogen-bond donors (Lipinski definition) is 3. The molecule has 1 unspecified atom stereocenters. The fourth-order valence-corrected chi connectivity index (χ4v) is 1.09. The third kappa shape index (κ3) is 6.87. The number of hydrogen-bond acceptors (Lipinski definition) is 4. The lowest BCUT2D eigenvalue weighted by Gasteiger charge is -2.14. The van der Waals surface area contributed by atoms with Gasteiger partial charge in [0.1, 0.15) is 0 Å². The molecule has 0 aliphatic heterocycles. The Morgan fingerprint density at radius 1 is 1.47 bits per heavy atom. The minimum absolute atomic E-state index is 0.143. The summed E-state index contributed by atoms with van der Waals surface area (Å²) < 4.78 is 4.79. The Kier molecular flexibility index (Phi) is 7.57. The molecule has 0 aliphatic rings. The summed E-state index contributed by atoms with van der Waals surface area (Å²) in [6, 6.07) is -0.380. The van der Waals surface area contributed by atoms with Crippen LogP contribution in [0.3, 0.4) is 0 Å². The van der Waals surface area contributed by atoms with Crippen LogP contribution in [0.5, 0.6) is 0 Å². The molecule has 6 nitrogen and oxygen atoms in total. The summed E-state index contributed by atoms with van der Waals surface area (Å²) in [5.41, 5.74) is 5.00. The van der Waals surface area contributed by atoms with Gasteiger partial charge in [-0.05, 0) is 13.5 Å². The van der Waals surface area contributed by atoms with Crippen molar-refractivity contribution in [3.8, 4) is 0 Å². The van der Waals surface area contributed by atoms with E-state index in [9.17, 15) is 9.59 Å². The highest BCUT2D eigenvalue weighted by Crippen LogP contribution is 1.96. The zero-order valence-corrected chi connectivity index (χ0v) is 9.21. The summed E-state index contributed by atoms with van der Waals surface area (Å²) in [5.74, 6) is -0.546. The molecule has 0 aromatic carbocycles. The molecule has 0 saturated carbocycles. The standard InChI is InChI=1S/C9H19N3O3/c1-11-7(3-4-8(10)13)9(14)12-5-6-15-2/h7,11H,3-6H2,1-2H3,(H2,10,13)(H,12,14). The zero-order chi connectivity index (χ0) is 11.7. The molecule has 0 spiro atoms. The van der Waals surface area contributed by atoms with Crippen molar-refractivity contribution in [2.75, 3.05) is 27.3 Å². The number of nitrogens with one attached hydrogen (secondary N) is 2. The van der Waals surface area contributed by atoms with Crippen LogP contribution < -0.4 is 16.4 Å². The summed E-state index contributed by atoms with van der Waals surface area (Å²) in [6.07, 6.45) is 0.605. The smallest absolute Gasteiger partial charge is 0.237 e. The summed E-state index contributed by atoms with van der Waals surface area (Å²) in [7, 11) is 3.23. The summed E-state index contributed by atoms with van der Waals surface area (Å²) >= 11 is 0. The molecule has 0 aromatic heterocycles. The highest BCUT2D eigenvalue weighted by Gasteiger charge is 2.16. The molecule has 0 heterocycles. The molecule has 2 amide bonds. The van der Waals surface area contributed by atoms with Crippen LogP contribution in [-0.2, 0) is 14.3 Å². The van der Waals surface area contributed by atoms with Crippen molar-refractivity contribution in [3.05, 3.63) is 0 Å². The van der Waals surface area contributed by atoms with Gasteiger partial charge in [-0.25, -0.2) is 0 Å². The molecule has 88 valence electrons. The van der Waals surface area contributed by atoms with Crippen LogP contribution in [0, 0.1) is 0 Å². The molecular formula is C9H19N3O3. The molecule has 4 N–H and O–H groups in total. The largest absolute Gasteiger partial charge is 0.383 e. The molecule has 0 fully saturated rings. The van der Waals surface area contributed by atoms with Crippen molar-refractivity contribution >= 4 is 11.8 Å². The van der Waals surface area contributed by atoms with E-state index >= 15 is 0 Å². The van der Waals surface area contributed by atoms with E-state index in [1.165, 1.54) is 0 Å². The average Bonchev–Trinajstić information content (AvgIpc) is 2.18. The van der Waals surface area contributed by atoms with E-state index in [1.54, 1.807) is 14.2 Å². The van der Waals surface area contributed by atoms with Gasteiger partial charge in [0, 0.05) is 20.1 Å². The number of carbonyl (C=O) groups excluding carboxylic acids is 2. The van der Waals surface area contributed by atoms with E-state index in [0.717, 1.165) is 0 Å². The van der Waals surface area contributed by atoms with Crippen LogP contribution in [0.1, 0.15) is 12.8 Å².